The molecule has 0 amide bonds. The Balaban J connectivity index is 2.02. The van der Waals surface area contributed by atoms with E-state index in [1.165, 1.54) is 19.2 Å². The van der Waals surface area contributed by atoms with Crippen molar-refractivity contribution < 1.29 is 24.3 Å². The highest BCUT2D eigenvalue weighted by Crippen LogP contribution is 2.38. The number of rotatable bonds is 4. The lowest BCUT2D eigenvalue weighted by atomic mass is 9.86. The van der Waals surface area contributed by atoms with E-state index in [0.29, 0.717) is 35.3 Å². The van der Waals surface area contributed by atoms with Crippen molar-refractivity contribution in [3.8, 4) is 17.2 Å². The van der Waals surface area contributed by atoms with Crippen LogP contribution < -0.4 is 9.47 Å². The van der Waals surface area contributed by atoms with Crippen LogP contribution in [0.1, 0.15) is 27.9 Å². The van der Waals surface area contributed by atoms with Crippen LogP contribution >= 0.6 is 0 Å². The van der Waals surface area contributed by atoms with Crippen LogP contribution in [0.3, 0.4) is 0 Å². The molecule has 0 saturated carbocycles. The Labute approximate surface area is 149 Å². The first-order chi connectivity index (χ1) is 12.4. The summed E-state index contributed by atoms with van der Waals surface area (Å²) in [5.41, 5.74) is 2.02. The van der Waals surface area contributed by atoms with E-state index in [1.807, 2.05) is 6.07 Å². The maximum Gasteiger partial charge on any atom is 0.315 e. The minimum absolute atomic E-state index is 0.0144. The number of hydrogen-bond donors (Lipinski definition) is 1. The van der Waals surface area contributed by atoms with Gasteiger partial charge in [0.1, 0.15) is 5.75 Å². The van der Waals surface area contributed by atoms with E-state index in [1.54, 1.807) is 25.3 Å². The molecule has 0 heterocycles. The molecule has 0 spiro atoms. The van der Waals surface area contributed by atoms with Crippen molar-refractivity contribution in [2.45, 2.75) is 12.8 Å². The molecule has 0 fully saturated rings. The summed E-state index contributed by atoms with van der Waals surface area (Å²) in [6, 6.07) is 7.99. The number of allylic oxidation sites excluding steroid dienone is 1. The Morgan fingerprint density at radius 2 is 1.92 bits per heavy atom. The summed E-state index contributed by atoms with van der Waals surface area (Å²) in [6.07, 6.45) is 2.78. The van der Waals surface area contributed by atoms with Gasteiger partial charge in [-0.3, -0.25) is 14.9 Å². The summed E-state index contributed by atoms with van der Waals surface area (Å²) in [5, 5.41) is 21.0. The van der Waals surface area contributed by atoms with Gasteiger partial charge in [0.25, 0.3) is 0 Å². The highest BCUT2D eigenvalue weighted by atomic mass is 16.6. The van der Waals surface area contributed by atoms with Crippen molar-refractivity contribution in [1.82, 2.24) is 0 Å². The number of carbonyl (C=O) groups excluding carboxylic acids is 1. The number of aromatic hydroxyl groups is 1. The van der Waals surface area contributed by atoms with Crippen molar-refractivity contribution in [3.05, 3.63) is 62.7 Å². The summed E-state index contributed by atoms with van der Waals surface area (Å²) < 4.78 is 10.2. The second-order valence-corrected chi connectivity index (χ2v) is 5.87. The third-order valence-corrected chi connectivity index (χ3v) is 4.35. The topological polar surface area (TPSA) is 98.9 Å². The predicted octanol–water partition coefficient (Wildman–Crippen LogP) is 3.53. The zero-order valence-corrected chi connectivity index (χ0v) is 14.3. The molecule has 3 rings (SSSR count). The molecule has 1 N–H and O–H groups in total. The maximum absolute atomic E-state index is 12.7. The molecular formula is C19H17NO6. The quantitative estimate of drug-likeness (QED) is 0.512. The van der Waals surface area contributed by atoms with Crippen LogP contribution in [0.4, 0.5) is 5.69 Å². The fourth-order valence-corrected chi connectivity index (χ4v) is 3.01. The number of nitro groups is 1. The number of hydrogen-bond acceptors (Lipinski definition) is 6. The first-order valence-corrected chi connectivity index (χ1v) is 7.92. The van der Waals surface area contributed by atoms with Gasteiger partial charge in [0, 0.05) is 17.2 Å². The molecule has 0 aliphatic heterocycles. The van der Waals surface area contributed by atoms with Gasteiger partial charge in [-0.2, -0.15) is 0 Å². The number of ether oxygens (including phenoxy) is 2. The molecule has 0 atom stereocenters. The Morgan fingerprint density at radius 1 is 1.15 bits per heavy atom. The lowest BCUT2D eigenvalue weighted by Gasteiger charge is -2.18. The Morgan fingerprint density at radius 3 is 2.58 bits per heavy atom. The lowest BCUT2D eigenvalue weighted by molar-refractivity contribution is -0.386. The van der Waals surface area contributed by atoms with E-state index in [2.05, 4.69) is 0 Å². The number of nitrogens with zero attached hydrogens (tertiary/aromatic N) is 1. The molecule has 0 unspecified atom stereocenters. The van der Waals surface area contributed by atoms with Crippen molar-refractivity contribution in [2.75, 3.05) is 14.2 Å². The van der Waals surface area contributed by atoms with Gasteiger partial charge in [-0.1, -0.05) is 0 Å². The van der Waals surface area contributed by atoms with Crippen LogP contribution in [0, 0.1) is 10.1 Å². The smallest absolute Gasteiger partial charge is 0.315 e. The van der Waals surface area contributed by atoms with Crippen LogP contribution in [0.15, 0.2) is 35.9 Å². The van der Waals surface area contributed by atoms with Crippen molar-refractivity contribution in [1.29, 1.82) is 0 Å². The number of Topliss-reactive ketones (excluding diaryl/α,β-unsaturated/α-hetero) is 1. The van der Waals surface area contributed by atoms with Crippen LogP contribution in [0.5, 0.6) is 17.2 Å². The van der Waals surface area contributed by atoms with Crippen molar-refractivity contribution in [3.63, 3.8) is 0 Å². The van der Waals surface area contributed by atoms with Crippen LogP contribution in [0.2, 0.25) is 0 Å². The standard InChI is InChI=1S/C19H17NO6/c1-25-14-5-6-15-12(10-14)3-4-13(18(15)21)7-11-8-16(20(23)24)19(22)17(9-11)26-2/h5-10,22H,3-4H2,1-2H3/b13-7-. The minimum atomic E-state index is -0.690. The molecule has 1 aliphatic carbocycles. The number of aryl methyl sites for hydroxylation is 1. The number of methoxy groups -OCH3 is 2. The monoisotopic (exact) mass is 355 g/mol. The summed E-state index contributed by atoms with van der Waals surface area (Å²) in [5.74, 6) is 0.0259. The highest BCUT2D eigenvalue weighted by Gasteiger charge is 2.24. The fourth-order valence-electron chi connectivity index (χ4n) is 3.01. The van der Waals surface area contributed by atoms with Crippen molar-refractivity contribution >= 4 is 17.5 Å². The first kappa shape index (κ1) is 17.5. The van der Waals surface area contributed by atoms with Gasteiger partial charge in [-0.05, 0) is 54.3 Å². The molecule has 1 aliphatic rings. The van der Waals surface area contributed by atoms with Crippen LogP contribution in [-0.2, 0) is 6.42 Å². The SMILES string of the molecule is COc1ccc2c(c1)CC/C(=C/c1cc(OC)c(O)c([N+](=O)[O-])c1)C2=O. The molecule has 134 valence electrons. The molecule has 7 nitrogen and oxygen atoms in total. The van der Waals surface area contributed by atoms with Crippen molar-refractivity contribution in [2.24, 2.45) is 0 Å². The number of nitro benzene ring substituents is 1. The van der Waals surface area contributed by atoms with E-state index >= 15 is 0 Å². The van der Waals surface area contributed by atoms with E-state index in [4.69, 9.17) is 9.47 Å². The summed E-state index contributed by atoms with van der Waals surface area (Å²) in [4.78, 5) is 23.2. The van der Waals surface area contributed by atoms with Gasteiger partial charge in [-0.25, -0.2) is 0 Å². The Bertz CT molecular complexity index is 932. The second-order valence-electron chi connectivity index (χ2n) is 5.87. The van der Waals surface area contributed by atoms with Gasteiger partial charge in [0.2, 0.25) is 5.75 Å². The van der Waals surface area contributed by atoms with Gasteiger partial charge < -0.3 is 14.6 Å². The zero-order valence-electron chi connectivity index (χ0n) is 14.3. The number of phenolic OH excluding ortho intramolecular Hbond substituents is 1. The third kappa shape index (κ3) is 3.11. The first-order valence-electron chi connectivity index (χ1n) is 7.92. The van der Waals surface area contributed by atoms with E-state index < -0.39 is 16.4 Å². The number of ketones is 1. The summed E-state index contributed by atoms with van der Waals surface area (Å²) in [6.45, 7) is 0. The molecule has 2 aromatic carbocycles. The molecule has 26 heavy (non-hydrogen) atoms. The predicted molar refractivity (Wildman–Crippen MR) is 94.9 cm³/mol. The summed E-state index contributed by atoms with van der Waals surface area (Å²) in [7, 11) is 2.88. The second kappa shape index (κ2) is 6.87. The van der Waals surface area contributed by atoms with E-state index in [0.717, 1.165) is 5.56 Å². The number of phenols is 1. The average molecular weight is 355 g/mol. The van der Waals surface area contributed by atoms with Gasteiger partial charge in [0.15, 0.2) is 11.5 Å². The Kier molecular flexibility index (Phi) is 4.62. The minimum Gasteiger partial charge on any atom is -0.500 e. The molecule has 0 radical (unpaired) electrons. The van der Waals surface area contributed by atoms with Gasteiger partial charge in [-0.15, -0.1) is 0 Å². The molecule has 2 aromatic rings. The third-order valence-electron chi connectivity index (χ3n) is 4.35. The van der Waals surface area contributed by atoms with Gasteiger partial charge in [0.05, 0.1) is 19.1 Å². The zero-order chi connectivity index (χ0) is 18.8. The molecule has 0 bridgehead atoms. The number of fused-ring (bicyclic) bond motifs is 1. The fraction of sp³-hybridized carbons (Fsp3) is 0.211. The number of benzene rings is 2. The Hall–Kier alpha value is -3.35. The van der Waals surface area contributed by atoms with Crippen LogP contribution in [0.25, 0.3) is 6.08 Å². The normalized spacial score (nSPS) is 14.8. The largest absolute Gasteiger partial charge is 0.500 e. The lowest BCUT2D eigenvalue weighted by Crippen LogP contribution is -2.14. The van der Waals surface area contributed by atoms with Gasteiger partial charge >= 0.3 is 5.69 Å². The average Bonchev–Trinajstić information content (AvgIpc) is 2.64. The molecule has 7 heteroatoms. The van der Waals surface area contributed by atoms with E-state index in [-0.39, 0.29) is 11.5 Å². The van der Waals surface area contributed by atoms with E-state index in [9.17, 15) is 20.0 Å². The summed E-state index contributed by atoms with van der Waals surface area (Å²) >= 11 is 0. The maximum atomic E-state index is 12.7. The molecular weight excluding hydrogens is 338 g/mol. The molecule has 0 aromatic heterocycles. The molecule has 0 saturated heterocycles. The number of carbonyl (C=O) groups is 1. The van der Waals surface area contributed by atoms with Crippen LogP contribution in [-0.4, -0.2) is 30.0 Å². The highest BCUT2D eigenvalue weighted by molar-refractivity contribution is 6.13.